The van der Waals surface area contributed by atoms with Gasteiger partial charge in [-0.3, -0.25) is 14.0 Å². The van der Waals surface area contributed by atoms with E-state index in [1.54, 1.807) is 23.2 Å². The monoisotopic (exact) mass is 444 g/mol. The van der Waals surface area contributed by atoms with Crippen molar-refractivity contribution in [1.29, 1.82) is 0 Å². The highest BCUT2D eigenvalue weighted by Gasteiger charge is 2.44. The van der Waals surface area contributed by atoms with Gasteiger partial charge in [-0.15, -0.1) is 0 Å². The molecule has 4 heterocycles. The zero-order valence-electron chi connectivity index (χ0n) is 17.7. The van der Waals surface area contributed by atoms with Gasteiger partial charge in [-0.1, -0.05) is 12.1 Å². The van der Waals surface area contributed by atoms with E-state index in [-0.39, 0.29) is 29.3 Å². The summed E-state index contributed by atoms with van der Waals surface area (Å²) in [6, 6.07) is 8.15. The van der Waals surface area contributed by atoms with Gasteiger partial charge in [0.15, 0.2) is 0 Å². The van der Waals surface area contributed by atoms with Crippen molar-refractivity contribution in [3.8, 4) is 0 Å². The second-order valence-electron chi connectivity index (χ2n) is 9.40. The van der Waals surface area contributed by atoms with Crippen LogP contribution in [0, 0.1) is 5.82 Å². The molecular weight excluding hydrogens is 423 g/mol. The molecule has 0 spiro atoms. The second kappa shape index (κ2) is 6.51. The summed E-state index contributed by atoms with van der Waals surface area (Å²) in [6.07, 6.45) is 4.31. The molecule has 4 aromatic rings. The summed E-state index contributed by atoms with van der Waals surface area (Å²) in [4.78, 5) is 35.2. The Balaban J connectivity index is 1.49. The number of aliphatic hydroxyl groups is 1. The molecule has 1 amide bonds. The number of nitrogens with zero attached hydrogens (tertiary/aromatic N) is 3. The predicted octanol–water partition coefficient (Wildman–Crippen LogP) is 3.39. The van der Waals surface area contributed by atoms with Crippen LogP contribution in [0.25, 0.3) is 16.6 Å². The maximum absolute atomic E-state index is 14.8. The number of hydrogen-bond acceptors (Lipinski definition) is 4. The largest absolute Gasteiger partial charge is 0.393 e. The van der Waals surface area contributed by atoms with Gasteiger partial charge < -0.3 is 15.0 Å². The third-order valence-corrected chi connectivity index (χ3v) is 7.60. The van der Waals surface area contributed by atoms with E-state index in [0.717, 1.165) is 35.3 Å². The fourth-order valence-electron chi connectivity index (χ4n) is 6.01. The highest BCUT2D eigenvalue weighted by atomic mass is 19.1. The number of aromatic amines is 1. The summed E-state index contributed by atoms with van der Waals surface area (Å²) in [5.41, 5.74) is 4.13. The zero-order chi connectivity index (χ0) is 22.4. The molecule has 1 saturated carbocycles. The molecule has 1 unspecified atom stereocenters. The number of aromatic nitrogens is 3. The summed E-state index contributed by atoms with van der Waals surface area (Å²) < 4.78 is 16.7. The van der Waals surface area contributed by atoms with Crippen molar-refractivity contribution >= 4 is 22.5 Å². The predicted molar refractivity (Wildman–Crippen MR) is 119 cm³/mol. The van der Waals surface area contributed by atoms with Gasteiger partial charge in [0.05, 0.1) is 29.4 Å². The van der Waals surface area contributed by atoms with Crippen LogP contribution in [0.4, 0.5) is 4.39 Å². The van der Waals surface area contributed by atoms with E-state index in [9.17, 15) is 19.1 Å². The van der Waals surface area contributed by atoms with Crippen molar-refractivity contribution in [3.05, 3.63) is 80.8 Å². The first kappa shape index (κ1) is 19.0. The molecule has 2 N–H and O–H groups in total. The van der Waals surface area contributed by atoms with Gasteiger partial charge in [-0.2, -0.15) is 0 Å². The molecule has 7 rings (SSSR count). The van der Waals surface area contributed by atoms with Crippen LogP contribution in [0.3, 0.4) is 0 Å². The van der Waals surface area contributed by atoms with E-state index in [1.807, 2.05) is 16.5 Å². The average Bonchev–Trinajstić information content (AvgIpc) is 3.48. The Kier molecular flexibility index (Phi) is 3.75. The van der Waals surface area contributed by atoms with Crippen LogP contribution in [0.15, 0.2) is 41.3 Å². The van der Waals surface area contributed by atoms with Gasteiger partial charge in [0.1, 0.15) is 17.2 Å². The van der Waals surface area contributed by atoms with E-state index in [4.69, 9.17) is 0 Å². The maximum Gasteiger partial charge on any atom is 0.274 e. The summed E-state index contributed by atoms with van der Waals surface area (Å²) in [7, 11) is 0. The van der Waals surface area contributed by atoms with E-state index in [0.29, 0.717) is 41.5 Å². The van der Waals surface area contributed by atoms with E-state index in [1.165, 1.54) is 6.07 Å². The Bertz CT molecular complexity index is 1550. The molecule has 2 aromatic heterocycles. The Morgan fingerprint density at radius 1 is 1.09 bits per heavy atom. The second-order valence-corrected chi connectivity index (χ2v) is 9.40. The fraction of sp³-hybridized carbons (Fsp3) is 0.320. The van der Waals surface area contributed by atoms with E-state index < -0.39 is 6.04 Å². The van der Waals surface area contributed by atoms with Crippen LogP contribution < -0.4 is 5.56 Å². The molecule has 0 bridgehead atoms. The smallest absolute Gasteiger partial charge is 0.274 e. The molecule has 1 fully saturated rings. The Labute approximate surface area is 187 Å². The van der Waals surface area contributed by atoms with Crippen LogP contribution in [-0.2, 0) is 6.54 Å². The minimum Gasteiger partial charge on any atom is -0.393 e. The highest BCUT2D eigenvalue weighted by Crippen LogP contribution is 2.47. The van der Waals surface area contributed by atoms with Gasteiger partial charge in [0, 0.05) is 23.6 Å². The number of hydrogen-bond donors (Lipinski definition) is 2. The Morgan fingerprint density at radius 3 is 2.73 bits per heavy atom. The van der Waals surface area contributed by atoms with Gasteiger partial charge in [-0.05, 0) is 55.0 Å². The number of carbonyl (C=O) groups excluding carboxylic acids is 1. The number of H-pyrrole nitrogens is 1. The zero-order valence-corrected chi connectivity index (χ0v) is 17.7. The van der Waals surface area contributed by atoms with Crippen LogP contribution in [0.2, 0.25) is 0 Å². The number of aliphatic hydroxyl groups excluding tert-OH is 1. The number of carbonyl (C=O) groups is 1. The van der Waals surface area contributed by atoms with Gasteiger partial charge in [-0.25, -0.2) is 9.37 Å². The number of fused-ring (bicyclic) bond motifs is 8. The highest BCUT2D eigenvalue weighted by molar-refractivity contribution is 6.03. The lowest BCUT2D eigenvalue weighted by Gasteiger charge is -2.24. The third-order valence-electron chi connectivity index (χ3n) is 7.60. The van der Waals surface area contributed by atoms with Gasteiger partial charge in [0.2, 0.25) is 0 Å². The van der Waals surface area contributed by atoms with Gasteiger partial charge >= 0.3 is 0 Å². The van der Waals surface area contributed by atoms with Crippen LogP contribution >= 0.6 is 0 Å². The first-order valence-electron chi connectivity index (χ1n) is 11.3. The molecule has 1 aliphatic carbocycles. The first-order chi connectivity index (χ1) is 16.0. The number of halogens is 1. The molecule has 166 valence electrons. The molecule has 3 aliphatic rings. The molecule has 2 aliphatic heterocycles. The first-order valence-corrected chi connectivity index (χ1v) is 11.3. The maximum atomic E-state index is 14.8. The number of nitrogens with one attached hydrogen (secondary N) is 1. The minimum absolute atomic E-state index is 0.136. The Morgan fingerprint density at radius 2 is 1.91 bits per heavy atom. The molecule has 0 saturated heterocycles. The number of rotatable bonds is 1. The van der Waals surface area contributed by atoms with Crippen LogP contribution in [-0.4, -0.2) is 36.4 Å². The Hall–Kier alpha value is -3.52. The number of benzene rings is 2. The van der Waals surface area contributed by atoms with E-state index in [2.05, 4.69) is 9.97 Å². The number of imidazole rings is 1. The topological polar surface area (TPSA) is 90.7 Å². The molecule has 33 heavy (non-hydrogen) atoms. The lowest BCUT2D eigenvalue weighted by molar-refractivity contribution is 0.0758. The minimum atomic E-state index is -0.466. The summed E-state index contributed by atoms with van der Waals surface area (Å²) >= 11 is 0. The molecule has 0 radical (unpaired) electrons. The fourth-order valence-corrected chi connectivity index (χ4v) is 6.01. The average molecular weight is 444 g/mol. The van der Waals surface area contributed by atoms with Crippen molar-refractivity contribution in [2.75, 3.05) is 0 Å². The lowest BCUT2D eigenvalue weighted by Crippen LogP contribution is -2.22. The van der Waals surface area contributed by atoms with Crippen molar-refractivity contribution in [2.24, 2.45) is 0 Å². The summed E-state index contributed by atoms with van der Waals surface area (Å²) in [5.74, 6) is 0.473. The molecule has 2 aromatic carbocycles. The normalized spacial score (nSPS) is 23.9. The molecule has 8 heteroatoms. The van der Waals surface area contributed by atoms with Crippen molar-refractivity contribution in [2.45, 2.75) is 50.3 Å². The van der Waals surface area contributed by atoms with Crippen molar-refractivity contribution < 1.29 is 14.3 Å². The summed E-state index contributed by atoms with van der Waals surface area (Å²) in [6.45, 7) is 0.369. The molecule has 7 nitrogen and oxygen atoms in total. The van der Waals surface area contributed by atoms with Crippen LogP contribution in [0.5, 0.6) is 0 Å². The number of amides is 1. The van der Waals surface area contributed by atoms with Crippen molar-refractivity contribution in [1.82, 2.24) is 19.3 Å². The molecule has 1 atom stereocenters. The SMILES string of the molecule is O=C1c2cc3[nH]c(=O)c4cnc(C5CCC(O)CC5)n4c3cc2C2c3c(F)cccc3CN12. The molecular formula is C25H21FN4O3. The quantitative estimate of drug-likeness (QED) is 0.471. The van der Waals surface area contributed by atoms with Gasteiger partial charge in [0.25, 0.3) is 11.5 Å². The third kappa shape index (κ3) is 2.49. The van der Waals surface area contributed by atoms with E-state index >= 15 is 0 Å². The van der Waals surface area contributed by atoms with Crippen molar-refractivity contribution in [3.63, 3.8) is 0 Å². The summed E-state index contributed by atoms with van der Waals surface area (Å²) in [5, 5.41) is 9.92. The lowest BCUT2D eigenvalue weighted by atomic mass is 9.87. The van der Waals surface area contributed by atoms with Crippen LogP contribution in [0.1, 0.15) is 70.5 Å². The standard InChI is InChI=1S/C25H21FN4O3/c26-17-3-1-2-13-11-29-22(21(13)17)15-9-19-18(8-16(15)25(29)33)28-24(32)20-10-27-23(30(19)20)12-4-6-14(31)7-5-12/h1-3,8-10,12,14,22,31H,4-7,11H2,(H,28,32).